The molecular weight excluding hydrogens is 340 g/mol. The minimum Gasteiger partial charge on any atom is -0.493 e. The first-order valence-electron chi connectivity index (χ1n) is 9.80. The predicted molar refractivity (Wildman–Crippen MR) is 105 cm³/mol. The van der Waals surface area contributed by atoms with Gasteiger partial charge in [0, 0.05) is 29.3 Å². The number of anilines is 1. The Kier molecular flexibility index (Phi) is 5.01. The molecule has 1 fully saturated rings. The summed E-state index contributed by atoms with van der Waals surface area (Å²) >= 11 is 0. The lowest BCUT2D eigenvalue weighted by molar-refractivity contribution is -0.117. The van der Waals surface area contributed by atoms with Crippen molar-refractivity contribution in [1.29, 1.82) is 0 Å². The summed E-state index contributed by atoms with van der Waals surface area (Å²) in [5.41, 5.74) is 3.09. The fourth-order valence-corrected chi connectivity index (χ4v) is 3.26. The number of nitrogens with zero attached hydrogens (tertiary/aromatic N) is 1. The van der Waals surface area contributed by atoms with Crippen molar-refractivity contribution in [1.82, 2.24) is 4.98 Å². The van der Waals surface area contributed by atoms with Gasteiger partial charge >= 0.3 is 0 Å². The Balaban J connectivity index is 1.49. The van der Waals surface area contributed by atoms with Crippen molar-refractivity contribution in [3.05, 3.63) is 36.0 Å². The number of pyridine rings is 1. The highest BCUT2D eigenvalue weighted by atomic mass is 16.5. The summed E-state index contributed by atoms with van der Waals surface area (Å²) in [6, 6.07) is 7.91. The maximum atomic E-state index is 12.0. The molecule has 1 saturated carbocycles. The molecule has 5 nitrogen and oxygen atoms in total. The Hall–Kier alpha value is -2.56. The van der Waals surface area contributed by atoms with Crippen LogP contribution in [0.25, 0.3) is 11.1 Å². The number of aromatic nitrogens is 1. The van der Waals surface area contributed by atoms with Crippen LogP contribution in [0.4, 0.5) is 5.82 Å². The fraction of sp³-hybridized carbons (Fsp3) is 0.455. The first kappa shape index (κ1) is 17.8. The number of carbonyl (C=O) groups is 1. The largest absolute Gasteiger partial charge is 0.493 e. The average molecular weight is 366 g/mol. The topological polar surface area (TPSA) is 60.5 Å². The molecule has 1 aromatic heterocycles. The number of fused-ring (bicyclic) bond motifs is 3. The molecule has 0 atom stereocenters. The van der Waals surface area contributed by atoms with Gasteiger partial charge in [0.15, 0.2) is 0 Å². The van der Waals surface area contributed by atoms with E-state index in [1.165, 1.54) is 0 Å². The molecule has 142 valence electrons. The van der Waals surface area contributed by atoms with Crippen LogP contribution in [0.5, 0.6) is 11.5 Å². The third-order valence-corrected chi connectivity index (χ3v) is 5.01. The van der Waals surface area contributed by atoms with Crippen LogP contribution in [0.15, 0.2) is 30.5 Å². The molecule has 1 N–H and O–H groups in total. The summed E-state index contributed by atoms with van der Waals surface area (Å²) in [7, 11) is 0. The molecule has 2 aliphatic rings. The van der Waals surface area contributed by atoms with E-state index in [9.17, 15) is 4.79 Å². The Labute approximate surface area is 160 Å². The van der Waals surface area contributed by atoms with Gasteiger partial charge in [-0.05, 0) is 55.4 Å². The first-order valence-corrected chi connectivity index (χ1v) is 9.80. The fourth-order valence-electron chi connectivity index (χ4n) is 3.26. The summed E-state index contributed by atoms with van der Waals surface area (Å²) in [5.74, 6) is 3.17. The van der Waals surface area contributed by atoms with E-state index in [1.54, 1.807) is 6.20 Å². The number of hydrogen-bond acceptors (Lipinski definition) is 4. The number of ether oxygens (including phenoxy) is 2. The number of rotatable bonds is 7. The van der Waals surface area contributed by atoms with Crippen LogP contribution in [-0.4, -0.2) is 17.5 Å². The minimum atomic E-state index is 0.0693. The van der Waals surface area contributed by atoms with Gasteiger partial charge in [0.1, 0.15) is 23.9 Å². The highest BCUT2D eigenvalue weighted by Crippen LogP contribution is 2.40. The van der Waals surface area contributed by atoms with Crippen molar-refractivity contribution in [2.24, 2.45) is 11.8 Å². The summed E-state index contributed by atoms with van der Waals surface area (Å²) in [5, 5.41) is 2.92. The number of hydrogen-bond donors (Lipinski definition) is 1. The third-order valence-electron chi connectivity index (χ3n) is 5.01. The molecule has 5 heteroatoms. The van der Waals surface area contributed by atoms with E-state index in [2.05, 4.69) is 24.1 Å². The van der Waals surface area contributed by atoms with Crippen molar-refractivity contribution < 1.29 is 14.3 Å². The van der Waals surface area contributed by atoms with Gasteiger partial charge < -0.3 is 14.8 Å². The van der Waals surface area contributed by atoms with Gasteiger partial charge in [-0.1, -0.05) is 13.8 Å². The van der Waals surface area contributed by atoms with Gasteiger partial charge in [-0.15, -0.1) is 0 Å². The normalized spacial score (nSPS) is 14.9. The molecule has 2 heterocycles. The smallest absolute Gasteiger partial charge is 0.228 e. The summed E-state index contributed by atoms with van der Waals surface area (Å²) in [4.78, 5) is 16.4. The SMILES string of the molecule is CC(C)CCCOc1ccc2c(c1)OCc1cnc(NC(=O)C3CC3)cc1-2. The van der Waals surface area contributed by atoms with Crippen LogP contribution in [0.2, 0.25) is 0 Å². The molecule has 1 aliphatic heterocycles. The summed E-state index contributed by atoms with van der Waals surface area (Å²) in [6.45, 7) is 5.64. The second-order valence-electron chi connectivity index (χ2n) is 7.82. The van der Waals surface area contributed by atoms with E-state index < -0.39 is 0 Å². The lowest BCUT2D eigenvalue weighted by atomic mass is 9.98. The second kappa shape index (κ2) is 7.59. The number of benzene rings is 1. The Bertz CT molecular complexity index is 843. The van der Waals surface area contributed by atoms with Crippen LogP contribution in [-0.2, 0) is 11.4 Å². The Morgan fingerprint density at radius 3 is 2.93 bits per heavy atom. The predicted octanol–water partition coefficient (Wildman–Crippen LogP) is 4.80. The molecule has 0 spiro atoms. The van der Waals surface area contributed by atoms with Crippen LogP contribution in [0.1, 0.15) is 45.1 Å². The number of amides is 1. The van der Waals surface area contributed by atoms with Gasteiger partial charge in [-0.25, -0.2) is 4.98 Å². The maximum absolute atomic E-state index is 12.0. The zero-order chi connectivity index (χ0) is 18.8. The zero-order valence-electron chi connectivity index (χ0n) is 16.0. The lowest BCUT2D eigenvalue weighted by Crippen LogP contribution is -2.15. The van der Waals surface area contributed by atoms with Crippen LogP contribution < -0.4 is 14.8 Å². The second-order valence-corrected chi connectivity index (χ2v) is 7.82. The Morgan fingerprint density at radius 1 is 1.30 bits per heavy atom. The molecule has 0 unspecified atom stereocenters. The Morgan fingerprint density at radius 2 is 2.15 bits per heavy atom. The minimum absolute atomic E-state index is 0.0693. The van der Waals surface area contributed by atoms with E-state index in [-0.39, 0.29) is 11.8 Å². The van der Waals surface area contributed by atoms with Gasteiger partial charge in [0.2, 0.25) is 5.91 Å². The van der Waals surface area contributed by atoms with Crippen LogP contribution in [0.3, 0.4) is 0 Å². The van der Waals surface area contributed by atoms with E-state index in [4.69, 9.17) is 9.47 Å². The molecule has 0 saturated heterocycles. The monoisotopic (exact) mass is 366 g/mol. The zero-order valence-corrected chi connectivity index (χ0v) is 16.0. The van der Waals surface area contributed by atoms with Crippen molar-refractivity contribution in [3.8, 4) is 22.6 Å². The van der Waals surface area contributed by atoms with E-state index in [0.717, 1.165) is 60.5 Å². The van der Waals surface area contributed by atoms with Gasteiger partial charge in [-0.2, -0.15) is 0 Å². The molecule has 1 aliphatic carbocycles. The van der Waals surface area contributed by atoms with Crippen molar-refractivity contribution in [2.45, 2.75) is 46.1 Å². The molecule has 2 aromatic rings. The maximum Gasteiger partial charge on any atom is 0.228 e. The van der Waals surface area contributed by atoms with E-state index in [0.29, 0.717) is 18.3 Å². The summed E-state index contributed by atoms with van der Waals surface area (Å²) < 4.78 is 11.8. The summed E-state index contributed by atoms with van der Waals surface area (Å²) in [6.07, 6.45) is 5.96. The van der Waals surface area contributed by atoms with Gasteiger partial charge in [-0.3, -0.25) is 4.79 Å². The van der Waals surface area contributed by atoms with Crippen LogP contribution in [0, 0.1) is 11.8 Å². The molecule has 0 radical (unpaired) electrons. The highest BCUT2D eigenvalue weighted by Gasteiger charge is 2.30. The molecule has 1 amide bonds. The highest BCUT2D eigenvalue weighted by molar-refractivity contribution is 5.94. The van der Waals surface area contributed by atoms with Crippen LogP contribution >= 0.6 is 0 Å². The molecular formula is C22H26N2O3. The average Bonchev–Trinajstić information content (AvgIpc) is 3.50. The third kappa shape index (κ3) is 4.24. The van der Waals surface area contributed by atoms with Gasteiger partial charge in [0.25, 0.3) is 0 Å². The molecule has 0 bridgehead atoms. The quantitative estimate of drug-likeness (QED) is 0.715. The molecule has 1 aromatic carbocycles. The molecule has 4 rings (SSSR count). The number of nitrogens with one attached hydrogen (secondary N) is 1. The van der Waals surface area contributed by atoms with Crippen molar-refractivity contribution in [3.63, 3.8) is 0 Å². The van der Waals surface area contributed by atoms with E-state index >= 15 is 0 Å². The molecule has 27 heavy (non-hydrogen) atoms. The van der Waals surface area contributed by atoms with Gasteiger partial charge in [0.05, 0.1) is 6.61 Å². The first-order chi connectivity index (χ1) is 13.1. The van der Waals surface area contributed by atoms with Crippen molar-refractivity contribution >= 4 is 11.7 Å². The lowest BCUT2D eigenvalue weighted by Gasteiger charge is -2.22. The van der Waals surface area contributed by atoms with Crippen molar-refractivity contribution in [2.75, 3.05) is 11.9 Å². The van der Waals surface area contributed by atoms with E-state index in [1.807, 2.05) is 24.3 Å². The number of carbonyl (C=O) groups excluding carboxylic acids is 1. The standard InChI is InChI=1S/C22H26N2O3/c1-14(2)4-3-9-26-17-7-8-18-19-11-21(24-22(25)15-5-6-15)23-12-16(19)13-27-20(18)10-17/h7-8,10-12,14-15H,3-6,9,13H2,1-2H3,(H,23,24,25).